The third kappa shape index (κ3) is 2.70. The second-order valence-electron chi connectivity index (χ2n) is 5.44. The van der Waals surface area contributed by atoms with E-state index in [-0.39, 0.29) is 0 Å². The number of benzene rings is 1. The van der Waals surface area contributed by atoms with Crippen molar-refractivity contribution in [3.8, 4) is 0 Å². The highest BCUT2D eigenvalue weighted by Crippen LogP contribution is 2.20. The van der Waals surface area contributed by atoms with Crippen LogP contribution in [0.5, 0.6) is 0 Å². The molecule has 0 aliphatic carbocycles. The van der Waals surface area contributed by atoms with Crippen molar-refractivity contribution in [3.63, 3.8) is 0 Å². The number of hydrogen-bond donors (Lipinski definition) is 1. The Morgan fingerprint density at radius 1 is 1.18 bits per heavy atom. The average Bonchev–Trinajstić information content (AvgIpc) is 2.40. The van der Waals surface area contributed by atoms with Crippen molar-refractivity contribution < 1.29 is 0 Å². The van der Waals surface area contributed by atoms with Gasteiger partial charge in [0.25, 0.3) is 0 Å². The van der Waals surface area contributed by atoms with Crippen LogP contribution in [0.4, 0.5) is 0 Å². The maximum absolute atomic E-state index is 3.73. The maximum atomic E-state index is 3.73. The van der Waals surface area contributed by atoms with Crippen LogP contribution >= 0.6 is 0 Å². The quantitative estimate of drug-likeness (QED) is 0.836. The minimum absolute atomic E-state index is 0.645. The minimum Gasteiger partial charge on any atom is -0.311 e. The van der Waals surface area contributed by atoms with Gasteiger partial charge in [-0.25, -0.2) is 0 Å². The highest BCUT2D eigenvalue weighted by Gasteiger charge is 2.29. The molecule has 2 atom stereocenters. The van der Waals surface area contributed by atoms with Gasteiger partial charge in [-0.05, 0) is 31.4 Å². The molecule has 3 rings (SSSR count). The van der Waals surface area contributed by atoms with Crippen LogP contribution in [0.2, 0.25) is 0 Å². The van der Waals surface area contributed by atoms with Gasteiger partial charge in [-0.1, -0.05) is 36.8 Å². The number of piperidine rings is 1. The lowest BCUT2D eigenvalue weighted by atomic mass is 9.96. The predicted molar refractivity (Wildman–Crippen MR) is 71.1 cm³/mol. The van der Waals surface area contributed by atoms with Gasteiger partial charge in [-0.3, -0.25) is 4.90 Å². The first-order chi connectivity index (χ1) is 8.42. The Morgan fingerprint density at radius 3 is 2.94 bits per heavy atom. The van der Waals surface area contributed by atoms with E-state index in [1.807, 2.05) is 0 Å². The van der Waals surface area contributed by atoms with E-state index in [0.29, 0.717) is 6.04 Å². The lowest BCUT2D eigenvalue weighted by Crippen LogP contribution is -2.58. The first-order valence-electron chi connectivity index (χ1n) is 6.93. The van der Waals surface area contributed by atoms with E-state index in [2.05, 4.69) is 40.5 Å². The van der Waals surface area contributed by atoms with Crippen molar-refractivity contribution in [2.45, 2.75) is 37.8 Å². The molecule has 2 saturated heterocycles. The molecule has 0 aromatic heterocycles. The van der Waals surface area contributed by atoms with Crippen molar-refractivity contribution in [1.29, 1.82) is 0 Å². The van der Waals surface area contributed by atoms with Gasteiger partial charge >= 0.3 is 0 Å². The molecular formula is C15H22N2. The van der Waals surface area contributed by atoms with Gasteiger partial charge < -0.3 is 5.32 Å². The van der Waals surface area contributed by atoms with Crippen LogP contribution in [0.1, 0.15) is 24.8 Å². The van der Waals surface area contributed by atoms with Gasteiger partial charge in [0.2, 0.25) is 0 Å². The summed E-state index contributed by atoms with van der Waals surface area (Å²) < 4.78 is 0. The fourth-order valence-electron chi connectivity index (χ4n) is 3.22. The monoisotopic (exact) mass is 230 g/mol. The van der Waals surface area contributed by atoms with Crippen LogP contribution in [-0.2, 0) is 6.42 Å². The average molecular weight is 230 g/mol. The van der Waals surface area contributed by atoms with Crippen molar-refractivity contribution >= 4 is 0 Å². The molecule has 2 fully saturated rings. The molecule has 0 bridgehead atoms. The first-order valence-corrected chi connectivity index (χ1v) is 6.93. The molecule has 0 saturated carbocycles. The Morgan fingerprint density at radius 2 is 2.06 bits per heavy atom. The SMILES string of the molecule is c1ccc(CC2CN3CCCCC3CN2)cc1. The number of rotatable bonds is 2. The lowest BCUT2D eigenvalue weighted by Gasteiger charge is -2.43. The fraction of sp³-hybridized carbons (Fsp3) is 0.600. The van der Waals surface area contributed by atoms with Crippen molar-refractivity contribution in [1.82, 2.24) is 10.2 Å². The highest BCUT2D eigenvalue weighted by molar-refractivity contribution is 5.16. The smallest absolute Gasteiger partial charge is 0.0236 e. The molecule has 2 aliphatic heterocycles. The van der Waals surface area contributed by atoms with E-state index in [4.69, 9.17) is 0 Å². The molecule has 1 aromatic rings. The fourth-order valence-corrected chi connectivity index (χ4v) is 3.22. The molecule has 1 aromatic carbocycles. The summed E-state index contributed by atoms with van der Waals surface area (Å²) >= 11 is 0. The number of piperazine rings is 1. The number of nitrogens with zero attached hydrogens (tertiary/aromatic N) is 1. The van der Waals surface area contributed by atoms with Crippen molar-refractivity contribution in [2.24, 2.45) is 0 Å². The zero-order valence-corrected chi connectivity index (χ0v) is 10.4. The molecule has 2 heteroatoms. The predicted octanol–water partition coefficient (Wildman–Crippen LogP) is 2.06. The van der Waals surface area contributed by atoms with Crippen molar-refractivity contribution in [2.75, 3.05) is 19.6 Å². The molecule has 17 heavy (non-hydrogen) atoms. The normalized spacial score (nSPS) is 29.9. The minimum atomic E-state index is 0.645. The Bertz CT molecular complexity index is 349. The molecule has 1 N–H and O–H groups in total. The number of nitrogens with one attached hydrogen (secondary N) is 1. The van der Waals surface area contributed by atoms with E-state index >= 15 is 0 Å². The summed E-state index contributed by atoms with van der Waals surface area (Å²) in [6, 6.07) is 12.3. The molecule has 0 radical (unpaired) electrons. The van der Waals surface area contributed by atoms with E-state index in [1.54, 1.807) is 0 Å². The molecule has 92 valence electrons. The Labute approximate surface area is 104 Å². The Hall–Kier alpha value is -0.860. The first kappa shape index (κ1) is 11.2. The van der Waals surface area contributed by atoms with Gasteiger partial charge in [0.15, 0.2) is 0 Å². The summed E-state index contributed by atoms with van der Waals surface area (Å²) in [5.74, 6) is 0. The van der Waals surface area contributed by atoms with E-state index in [1.165, 1.54) is 50.9 Å². The molecule has 2 heterocycles. The molecule has 2 unspecified atom stereocenters. The molecular weight excluding hydrogens is 208 g/mol. The summed E-state index contributed by atoms with van der Waals surface area (Å²) in [7, 11) is 0. The van der Waals surface area contributed by atoms with Crippen LogP contribution in [0.25, 0.3) is 0 Å². The van der Waals surface area contributed by atoms with Gasteiger partial charge in [0.1, 0.15) is 0 Å². The standard InChI is InChI=1S/C15H22N2/c1-2-6-13(7-3-1)10-14-12-17-9-5-4-8-15(17)11-16-14/h1-3,6-7,14-16H,4-5,8-12H2. The zero-order chi connectivity index (χ0) is 11.5. The lowest BCUT2D eigenvalue weighted by molar-refractivity contribution is 0.0951. The third-order valence-electron chi connectivity index (χ3n) is 4.17. The molecule has 0 amide bonds. The summed E-state index contributed by atoms with van der Waals surface area (Å²) in [4.78, 5) is 2.70. The summed E-state index contributed by atoms with van der Waals surface area (Å²) in [6.45, 7) is 3.74. The molecule has 2 aliphatic rings. The van der Waals surface area contributed by atoms with Crippen LogP contribution < -0.4 is 5.32 Å². The van der Waals surface area contributed by atoms with Gasteiger partial charge in [0, 0.05) is 25.2 Å². The Balaban J connectivity index is 1.59. The van der Waals surface area contributed by atoms with Crippen molar-refractivity contribution in [3.05, 3.63) is 35.9 Å². The third-order valence-corrected chi connectivity index (χ3v) is 4.17. The van der Waals surface area contributed by atoms with Gasteiger partial charge in [0.05, 0.1) is 0 Å². The van der Waals surface area contributed by atoms with Crippen LogP contribution in [-0.4, -0.2) is 36.6 Å². The summed E-state index contributed by atoms with van der Waals surface area (Å²) in [6.07, 6.45) is 5.38. The maximum Gasteiger partial charge on any atom is 0.0236 e. The zero-order valence-electron chi connectivity index (χ0n) is 10.4. The molecule has 2 nitrogen and oxygen atoms in total. The van der Waals surface area contributed by atoms with Crippen LogP contribution in [0.3, 0.4) is 0 Å². The highest BCUT2D eigenvalue weighted by atomic mass is 15.2. The topological polar surface area (TPSA) is 15.3 Å². The summed E-state index contributed by atoms with van der Waals surface area (Å²) in [5.41, 5.74) is 1.46. The number of hydrogen-bond acceptors (Lipinski definition) is 2. The Kier molecular flexibility index (Phi) is 3.44. The van der Waals surface area contributed by atoms with E-state index in [9.17, 15) is 0 Å². The summed E-state index contributed by atoms with van der Waals surface area (Å²) in [5, 5.41) is 3.73. The van der Waals surface area contributed by atoms with Crippen LogP contribution in [0, 0.1) is 0 Å². The van der Waals surface area contributed by atoms with Gasteiger partial charge in [-0.2, -0.15) is 0 Å². The largest absolute Gasteiger partial charge is 0.311 e. The van der Waals surface area contributed by atoms with E-state index in [0.717, 1.165) is 6.04 Å². The van der Waals surface area contributed by atoms with Crippen LogP contribution in [0.15, 0.2) is 30.3 Å². The second-order valence-corrected chi connectivity index (χ2v) is 5.44. The van der Waals surface area contributed by atoms with E-state index < -0.39 is 0 Å². The molecule has 0 spiro atoms. The second kappa shape index (κ2) is 5.19. The number of fused-ring (bicyclic) bond motifs is 1. The van der Waals surface area contributed by atoms with Gasteiger partial charge in [-0.15, -0.1) is 0 Å².